The maximum Gasteiger partial charge on any atom is 0.252 e. The molecule has 1 aromatic carbocycles. The number of benzene rings is 1. The molecule has 0 aliphatic heterocycles. The van der Waals surface area contributed by atoms with Gasteiger partial charge in [-0.1, -0.05) is 0 Å². The second-order valence-corrected chi connectivity index (χ2v) is 4.89. The van der Waals surface area contributed by atoms with Crippen LogP contribution in [-0.4, -0.2) is 32.2 Å². The van der Waals surface area contributed by atoms with Crippen molar-refractivity contribution < 1.29 is 14.3 Å². The number of amides is 1. The van der Waals surface area contributed by atoms with Crippen LogP contribution in [0.2, 0.25) is 0 Å². The zero-order chi connectivity index (χ0) is 13.9. The van der Waals surface area contributed by atoms with Crippen molar-refractivity contribution in [1.82, 2.24) is 5.32 Å². The fraction of sp³-hybridized carbons (Fsp3) is 0.500. The SMILES string of the molecule is COc1cc(OC)cc(C(=O)NC2(CN)CCC2)c1. The van der Waals surface area contributed by atoms with Crippen molar-refractivity contribution >= 4 is 5.91 Å². The third kappa shape index (κ3) is 2.81. The van der Waals surface area contributed by atoms with Crippen molar-refractivity contribution in [2.45, 2.75) is 24.8 Å². The van der Waals surface area contributed by atoms with Gasteiger partial charge in [0.2, 0.25) is 0 Å². The van der Waals surface area contributed by atoms with Crippen LogP contribution >= 0.6 is 0 Å². The molecule has 0 radical (unpaired) electrons. The molecule has 5 nitrogen and oxygen atoms in total. The molecule has 1 aliphatic rings. The smallest absolute Gasteiger partial charge is 0.252 e. The molecule has 0 heterocycles. The van der Waals surface area contributed by atoms with E-state index in [1.165, 1.54) is 0 Å². The third-order valence-electron chi connectivity index (χ3n) is 3.69. The van der Waals surface area contributed by atoms with Gasteiger partial charge in [-0.05, 0) is 31.4 Å². The lowest BCUT2D eigenvalue weighted by Gasteiger charge is -2.41. The van der Waals surface area contributed by atoms with E-state index in [2.05, 4.69) is 5.32 Å². The Balaban J connectivity index is 2.18. The molecule has 3 N–H and O–H groups in total. The Kier molecular flexibility index (Phi) is 3.95. The highest BCUT2D eigenvalue weighted by Gasteiger charge is 2.37. The first kappa shape index (κ1) is 13.7. The second kappa shape index (κ2) is 5.48. The third-order valence-corrected chi connectivity index (χ3v) is 3.69. The van der Waals surface area contributed by atoms with Gasteiger partial charge in [-0.2, -0.15) is 0 Å². The van der Waals surface area contributed by atoms with E-state index in [4.69, 9.17) is 15.2 Å². The number of nitrogens with two attached hydrogens (primary N) is 1. The fourth-order valence-corrected chi connectivity index (χ4v) is 2.24. The van der Waals surface area contributed by atoms with Crippen molar-refractivity contribution in [1.29, 1.82) is 0 Å². The predicted octanol–water partition coefficient (Wildman–Crippen LogP) is 1.31. The summed E-state index contributed by atoms with van der Waals surface area (Å²) in [5.41, 5.74) is 6.04. The van der Waals surface area contributed by atoms with E-state index < -0.39 is 0 Å². The number of hydrogen-bond donors (Lipinski definition) is 2. The van der Waals surface area contributed by atoms with Crippen LogP contribution in [0.1, 0.15) is 29.6 Å². The van der Waals surface area contributed by atoms with Gasteiger partial charge in [0.05, 0.1) is 19.8 Å². The molecule has 19 heavy (non-hydrogen) atoms. The van der Waals surface area contributed by atoms with Gasteiger partial charge >= 0.3 is 0 Å². The maximum atomic E-state index is 12.3. The zero-order valence-electron chi connectivity index (χ0n) is 11.4. The minimum absolute atomic E-state index is 0.137. The van der Waals surface area contributed by atoms with E-state index in [1.54, 1.807) is 32.4 Å². The summed E-state index contributed by atoms with van der Waals surface area (Å²) in [5.74, 6) is 1.06. The van der Waals surface area contributed by atoms with E-state index in [9.17, 15) is 4.79 Å². The topological polar surface area (TPSA) is 73.6 Å². The summed E-state index contributed by atoms with van der Waals surface area (Å²) in [6.45, 7) is 0.472. The Morgan fingerprint density at radius 1 is 1.26 bits per heavy atom. The van der Waals surface area contributed by atoms with Crippen LogP contribution in [0.4, 0.5) is 0 Å². The second-order valence-electron chi connectivity index (χ2n) is 4.89. The number of hydrogen-bond acceptors (Lipinski definition) is 4. The lowest BCUT2D eigenvalue weighted by Crippen LogP contribution is -2.58. The van der Waals surface area contributed by atoms with Gasteiger partial charge in [-0.15, -0.1) is 0 Å². The molecule has 1 aliphatic carbocycles. The summed E-state index contributed by atoms with van der Waals surface area (Å²) in [6.07, 6.45) is 2.99. The lowest BCUT2D eigenvalue weighted by atomic mass is 9.76. The summed E-state index contributed by atoms with van der Waals surface area (Å²) >= 11 is 0. The van der Waals surface area contributed by atoms with Crippen LogP contribution in [0.25, 0.3) is 0 Å². The Hall–Kier alpha value is -1.75. The molecular weight excluding hydrogens is 244 g/mol. The van der Waals surface area contributed by atoms with Crippen LogP contribution < -0.4 is 20.5 Å². The van der Waals surface area contributed by atoms with Crippen LogP contribution in [0.5, 0.6) is 11.5 Å². The van der Waals surface area contributed by atoms with Crippen molar-refractivity contribution in [3.05, 3.63) is 23.8 Å². The number of nitrogens with one attached hydrogen (secondary N) is 1. The van der Waals surface area contributed by atoms with Crippen molar-refractivity contribution in [2.24, 2.45) is 5.73 Å². The highest BCUT2D eigenvalue weighted by atomic mass is 16.5. The van der Waals surface area contributed by atoms with Crippen LogP contribution in [0.3, 0.4) is 0 Å². The first-order chi connectivity index (χ1) is 9.12. The van der Waals surface area contributed by atoms with E-state index in [0.29, 0.717) is 23.6 Å². The summed E-state index contributed by atoms with van der Waals surface area (Å²) in [6, 6.07) is 5.13. The minimum atomic E-state index is -0.229. The average Bonchev–Trinajstić information content (AvgIpc) is 2.41. The Bertz CT molecular complexity index is 442. The van der Waals surface area contributed by atoms with Gasteiger partial charge in [0.1, 0.15) is 11.5 Å². The van der Waals surface area contributed by atoms with Gasteiger partial charge in [0.25, 0.3) is 5.91 Å². The predicted molar refractivity (Wildman–Crippen MR) is 72.6 cm³/mol. The van der Waals surface area contributed by atoms with Gasteiger partial charge in [0, 0.05) is 18.2 Å². The molecule has 104 valence electrons. The quantitative estimate of drug-likeness (QED) is 0.841. The van der Waals surface area contributed by atoms with Crippen molar-refractivity contribution in [3.8, 4) is 11.5 Å². The Morgan fingerprint density at radius 2 is 1.84 bits per heavy atom. The summed E-state index contributed by atoms with van der Waals surface area (Å²) in [4.78, 5) is 12.3. The van der Waals surface area contributed by atoms with Gasteiger partial charge < -0.3 is 20.5 Å². The number of rotatable bonds is 5. The molecular formula is C14H20N2O3. The van der Waals surface area contributed by atoms with Gasteiger partial charge in [-0.25, -0.2) is 0 Å². The fourth-order valence-electron chi connectivity index (χ4n) is 2.24. The lowest BCUT2D eigenvalue weighted by molar-refractivity contribution is 0.0837. The van der Waals surface area contributed by atoms with Gasteiger partial charge in [-0.3, -0.25) is 4.79 Å². The van der Waals surface area contributed by atoms with Crippen LogP contribution in [-0.2, 0) is 0 Å². The average molecular weight is 264 g/mol. The summed E-state index contributed by atoms with van der Waals surface area (Å²) in [7, 11) is 3.12. The van der Waals surface area contributed by atoms with Crippen molar-refractivity contribution in [3.63, 3.8) is 0 Å². The molecule has 2 rings (SSSR count). The molecule has 1 amide bonds. The van der Waals surface area contributed by atoms with E-state index in [1.807, 2.05) is 0 Å². The molecule has 1 fully saturated rings. The standard InChI is InChI=1S/C14H20N2O3/c1-18-11-6-10(7-12(8-11)19-2)13(17)16-14(9-15)4-3-5-14/h6-8H,3-5,9,15H2,1-2H3,(H,16,17). The van der Waals surface area contributed by atoms with E-state index >= 15 is 0 Å². The van der Waals surface area contributed by atoms with Gasteiger partial charge in [0.15, 0.2) is 0 Å². The molecule has 0 aromatic heterocycles. The Morgan fingerprint density at radius 3 is 2.21 bits per heavy atom. The molecule has 0 atom stereocenters. The molecule has 1 saturated carbocycles. The highest BCUT2D eigenvalue weighted by Crippen LogP contribution is 2.31. The number of carbonyl (C=O) groups is 1. The number of methoxy groups -OCH3 is 2. The molecule has 1 aromatic rings. The van der Waals surface area contributed by atoms with Crippen molar-refractivity contribution in [2.75, 3.05) is 20.8 Å². The molecule has 0 saturated heterocycles. The largest absolute Gasteiger partial charge is 0.497 e. The summed E-state index contributed by atoms with van der Waals surface area (Å²) < 4.78 is 10.3. The molecule has 0 bridgehead atoms. The maximum absolute atomic E-state index is 12.3. The number of carbonyl (C=O) groups excluding carboxylic acids is 1. The number of ether oxygens (including phenoxy) is 2. The molecule has 5 heteroatoms. The van der Waals surface area contributed by atoms with E-state index in [-0.39, 0.29) is 11.4 Å². The first-order valence-electron chi connectivity index (χ1n) is 6.38. The first-order valence-corrected chi connectivity index (χ1v) is 6.38. The van der Waals surface area contributed by atoms with Crippen LogP contribution in [0, 0.1) is 0 Å². The molecule has 0 spiro atoms. The zero-order valence-corrected chi connectivity index (χ0v) is 11.4. The van der Waals surface area contributed by atoms with Crippen LogP contribution in [0.15, 0.2) is 18.2 Å². The monoisotopic (exact) mass is 264 g/mol. The minimum Gasteiger partial charge on any atom is -0.497 e. The highest BCUT2D eigenvalue weighted by molar-refractivity contribution is 5.95. The Labute approximate surface area is 113 Å². The molecule has 0 unspecified atom stereocenters. The van der Waals surface area contributed by atoms with E-state index in [0.717, 1.165) is 19.3 Å². The summed E-state index contributed by atoms with van der Waals surface area (Å²) in [5, 5.41) is 3.02. The normalized spacial score (nSPS) is 16.4.